The third kappa shape index (κ3) is 3.21. The van der Waals surface area contributed by atoms with Crippen molar-refractivity contribution in [2.24, 2.45) is 11.3 Å². The van der Waals surface area contributed by atoms with Crippen LogP contribution in [0.3, 0.4) is 0 Å². The summed E-state index contributed by atoms with van der Waals surface area (Å²) >= 11 is 0. The minimum absolute atomic E-state index is 0.311. The SMILES string of the molecule is CC(C)(C)C1CCCCC1Nc1ccc(F)nc1. The van der Waals surface area contributed by atoms with Gasteiger partial charge >= 0.3 is 0 Å². The molecule has 0 bridgehead atoms. The molecule has 3 heteroatoms. The highest BCUT2D eigenvalue weighted by molar-refractivity contribution is 5.41. The molecule has 1 aromatic rings. The summed E-state index contributed by atoms with van der Waals surface area (Å²) in [6.45, 7) is 6.92. The van der Waals surface area contributed by atoms with Gasteiger partial charge in [0.15, 0.2) is 0 Å². The lowest BCUT2D eigenvalue weighted by molar-refractivity contribution is 0.163. The van der Waals surface area contributed by atoms with E-state index in [0.29, 0.717) is 17.4 Å². The summed E-state index contributed by atoms with van der Waals surface area (Å²) in [5, 5.41) is 3.54. The molecule has 0 aliphatic heterocycles. The van der Waals surface area contributed by atoms with Crippen molar-refractivity contribution in [3.8, 4) is 0 Å². The first-order valence-electron chi connectivity index (χ1n) is 6.85. The van der Waals surface area contributed by atoms with Gasteiger partial charge in [0.2, 0.25) is 5.95 Å². The van der Waals surface area contributed by atoms with Crippen LogP contribution in [0.25, 0.3) is 0 Å². The molecule has 2 unspecified atom stereocenters. The van der Waals surface area contributed by atoms with Crippen LogP contribution in [0.5, 0.6) is 0 Å². The molecule has 0 saturated heterocycles. The smallest absolute Gasteiger partial charge is 0.212 e. The second-order valence-corrected chi connectivity index (χ2v) is 6.38. The highest BCUT2D eigenvalue weighted by Gasteiger charge is 2.33. The van der Waals surface area contributed by atoms with Crippen LogP contribution in [0.15, 0.2) is 18.3 Å². The Balaban J connectivity index is 2.08. The van der Waals surface area contributed by atoms with E-state index in [4.69, 9.17) is 0 Å². The van der Waals surface area contributed by atoms with Gasteiger partial charge in [0.1, 0.15) is 0 Å². The van der Waals surface area contributed by atoms with Gasteiger partial charge in [0.05, 0.1) is 11.9 Å². The number of pyridine rings is 1. The standard InChI is InChI=1S/C15H23FN2/c1-15(2,3)12-6-4-5-7-13(12)18-11-8-9-14(16)17-10-11/h8-10,12-13,18H,4-7H2,1-3H3. The molecule has 1 N–H and O–H groups in total. The van der Waals surface area contributed by atoms with Gasteiger partial charge in [-0.1, -0.05) is 33.6 Å². The van der Waals surface area contributed by atoms with Gasteiger partial charge in [0, 0.05) is 6.04 Å². The lowest BCUT2D eigenvalue weighted by atomic mass is 9.69. The Morgan fingerprint density at radius 1 is 1.22 bits per heavy atom. The maximum Gasteiger partial charge on any atom is 0.212 e. The summed E-state index contributed by atoms with van der Waals surface area (Å²) < 4.78 is 12.8. The molecule has 2 nitrogen and oxygen atoms in total. The van der Waals surface area contributed by atoms with Crippen molar-refractivity contribution in [1.29, 1.82) is 0 Å². The monoisotopic (exact) mass is 250 g/mol. The van der Waals surface area contributed by atoms with E-state index in [1.54, 1.807) is 12.3 Å². The molecular weight excluding hydrogens is 227 g/mol. The Hall–Kier alpha value is -1.12. The molecule has 0 spiro atoms. The fourth-order valence-corrected chi connectivity index (χ4v) is 3.02. The van der Waals surface area contributed by atoms with E-state index in [0.717, 1.165) is 5.69 Å². The Bertz CT molecular complexity index is 380. The van der Waals surface area contributed by atoms with Gasteiger partial charge in [-0.25, -0.2) is 4.98 Å². The van der Waals surface area contributed by atoms with Crippen molar-refractivity contribution in [3.05, 3.63) is 24.3 Å². The minimum Gasteiger partial charge on any atom is -0.381 e. The van der Waals surface area contributed by atoms with Crippen LogP contribution in [-0.2, 0) is 0 Å². The average molecular weight is 250 g/mol. The number of hydrogen-bond acceptors (Lipinski definition) is 2. The topological polar surface area (TPSA) is 24.9 Å². The van der Waals surface area contributed by atoms with E-state index < -0.39 is 5.95 Å². The van der Waals surface area contributed by atoms with Crippen LogP contribution in [-0.4, -0.2) is 11.0 Å². The fraction of sp³-hybridized carbons (Fsp3) is 0.667. The molecule has 100 valence electrons. The number of halogens is 1. The molecule has 2 rings (SSSR count). The molecule has 0 aromatic carbocycles. The molecule has 1 fully saturated rings. The Morgan fingerprint density at radius 2 is 1.94 bits per heavy atom. The van der Waals surface area contributed by atoms with E-state index >= 15 is 0 Å². The first-order chi connectivity index (χ1) is 8.47. The van der Waals surface area contributed by atoms with Gasteiger partial charge in [-0.2, -0.15) is 4.39 Å². The van der Waals surface area contributed by atoms with Crippen LogP contribution in [0.4, 0.5) is 10.1 Å². The molecular formula is C15H23FN2. The second-order valence-electron chi connectivity index (χ2n) is 6.38. The van der Waals surface area contributed by atoms with Crippen molar-refractivity contribution in [2.45, 2.75) is 52.5 Å². The molecule has 1 aliphatic rings. The normalized spacial score (nSPS) is 24.9. The predicted octanol–water partition coefficient (Wildman–Crippen LogP) is 4.24. The van der Waals surface area contributed by atoms with Crippen molar-refractivity contribution in [3.63, 3.8) is 0 Å². The van der Waals surface area contributed by atoms with Gasteiger partial charge in [-0.05, 0) is 36.3 Å². The first-order valence-corrected chi connectivity index (χ1v) is 6.85. The zero-order valence-electron chi connectivity index (χ0n) is 11.5. The summed E-state index contributed by atoms with van der Waals surface area (Å²) in [6.07, 6.45) is 6.65. The molecule has 2 atom stereocenters. The Morgan fingerprint density at radius 3 is 2.56 bits per heavy atom. The van der Waals surface area contributed by atoms with E-state index in [9.17, 15) is 4.39 Å². The summed E-state index contributed by atoms with van der Waals surface area (Å²) in [6, 6.07) is 3.67. The van der Waals surface area contributed by atoms with Gasteiger partial charge in [-0.15, -0.1) is 0 Å². The Kier molecular flexibility index (Phi) is 3.88. The lowest BCUT2D eigenvalue weighted by Gasteiger charge is -2.41. The van der Waals surface area contributed by atoms with E-state index in [1.165, 1.54) is 31.7 Å². The van der Waals surface area contributed by atoms with E-state index in [-0.39, 0.29) is 0 Å². The predicted molar refractivity (Wildman–Crippen MR) is 73.0 cm³/mol. The molecule has 1 aromatic heterocycles. The average Bonchev–Trinajstić information content (AvgIpc) is 2.31. The van der Waals surface area contributed by atoms with Crippen LogP contribution >= 0.6 is 0 Å². The summed E-state index contributed by atoms with van der Waals surface area (Å²) in [4.78, 5) is 3.70. The van der Waals surface area contributed by atoms with Crippen LogP contribution in [0.1, 0.15) is 46.5 Å². The van der Waals surface area contributed by atoms with Crippen molar-refractivity contribution in [2.75, 3.05) is 5.32 Å². The fourth-order valence-electron chi connectivity index (χ4n) is 3.02. The summed E-state index contributed by atoms with van der Waals surface area (Å²) in [5.41, 5.74) is 1.24. The maximum atomic E-state index is 12.8. The zero-order chi connectivity index (χ0) is 13.2. The molecule has 1 aliphatic carbocycles. The van der Waals surface area contributed by atoms with Gasteiger partial charge < -0.3 is 5.32 Å². The summed E-state index contributed by atoms with van der Waals surface area (Å²) in [7, 11) is 0. The van der Waals surface area contributed by atoms with Gasteiger partial charge in [0.25, 0.3) is 0 Å². The van der Waals surface area contributed by atoms with Crippen LogP contribution in [0.2, 0.25) is 0 Å². The molecule has 1 heterocycles. The maximum absolute atomic E-state index is 12.8. The number of anilines is 1. The van der Waals surface area contributed by atoms with Crippen molar-refractivity contribution < 1.29 is 4.39 Å². The van der Waals surface area contributed by atoms with E-state index in [2.05, 4.69) is 31.1 Å². The van der Waals surface area contributed by atoms with Crippen LogP contribution in [0, 0.1) is 17.3 Å². The van der Waals surface area contributed by atoms with E-state index in [1.807, 2.05) is 0 Å². The van der Waals surface area contributed by atoms with Crippen molar-refractivity contribution >= 4 is 5.69 Å². The first kappa shape index (κ1) is 13.3. The minimum atomic E-state index is -0.420. The largest absolute Gasteiger partial charge is 0.381 e. The quantitative estimate of drug-likeness (QED) is 0.794. The second kappa shape index (κ2) is 5.25. The highest BCUT2D eigenvalue weighted by Crippen LogP contribution is 2.39. The highest BCUT2D eigenvalue weighted by atomic mass is 19.1. The van der Waals surface area contributed by atoms with Crippen molar-refractivity contribution in [1.82, 2.24) is 4.98 Å². The number of hydrogen-bond donors (Lipinski definition) is 1. The van der Waals surface area contributed by atoms with Gasteiger partial charge in [-0.3, -0.25) is 0 Å². The summed E-state index contributed by atoms with van der Waals surface area (Å²) in [5.74, 6) is 0.243. The molecule has 0 amide bonds. The molecule has 1 saturated carbocycles. The third-order valence-electron chi connectivity index (χ3n) is 3.96. The molecule has 18 heavy (non-hydrogen) atoms. The number of aromatic nitrogens is 1. The number of nitrogens with one attached hydrogen (secondary N) is 1. The Labute approximate surface area is 109 Å². The third-order valence-corrected chi connectivity index (χ3v) is 3.96. The lowest BCUT2D eigenvalue weighted by Crippen LogP contribution is -2.39. The number of nitrogens with zero attached hydrogens (tertiary/aromatic N) is 1. The molecule has 0 radical (unpaired) electrons. The zero-order valence-corrected chi connectivity index (χ0v) is 11.5. The van der Waals surface area contributed by atoms with Crippen LogP contribution < -0.4 is 5.32 Å². The number of rotatable bonds is 2.